The number of nitrogens with one attached hydrogen (secondary N) is 1. The number of halogens is 2. The lowest BCUT2D eigenvalue weighted by atomic mass is 10.3. The van der Waals surface area contributed by atoms with Gasteiger partial charge in [-0.15, -0.1) is 0 Å². The van der Waals surface area contributed by atoms with E-state index in [0.717, 1.165) is 11.0 Å². The van der Waals surface area contributed by atoms with Crippen molar-refractivity contribution in [3.8, 4) is 0 Å². The number of rotatable bonds is 3. The zero-order chi connectivity index (χ0) is 13.4. The Labute approximate surface area is 123 Å². The minimum atomic E-state index is -0.881. The van der Waals surface area contributed by atoms with E-state index >= 15 is 0 Å². The van der Waals surface area contributed by atoms with Crippen LogP contribution in [0.4, 0.5) is 0 Å². The van der Waals surface area contributed by atoms with Gasteiger partial charge in [0.05, 0.1) is 21.1 Å². The van der Waals surface area contributed by atoms with E-state index in [9.17, 15) is 4.21 Å². The maximum Gasteiger partial charge on any atom is 0.178 e. The van der Waals surface area contributed by atoms with Crippen molar-refractivity contribution in [3.05, 3.63) is 26.9 Å². The van der Waals surface area contributed by atoms with Gasteiger partial charge in [0.1, 0.15) is 0 Å². The lowest BCUT2D eigenvalue weighted by Crippen LogP contribution is -2.12. The van der Waals surface area contributed by atoms with E-state index in [0.29, 0.717) is 20.6 Å². The number of aromatic amines is 1. The zero-order valence-corrected chi connectivity index (χ0v) is 13.0. The number of fused-ring (bicyclic) bond motifs is 1. The Balaban J connectivity index is 2.63. The molecule has 2 atom stereocenters. The first-order valence-corrected chi connectivity index (χ1v) is 8.18. The van der Waals surface area contributed by atoms with Crippen LogP contribution in [0.5, 0.6) is 0 Å². The summed E-state index contributed by atoms with van der Waals surface area (Å²) in [6.07, 6.45) is 1.68. The topological polar surface area (TPSA) is 37.8 Å². The van der Waals surface area contributed by atoms with Gasteiger partial charge in [0.25, 0.3) is 0 Å². The van der Waals surface area contributed by atoms with Gasteiger partial charge in [-0.2, -0.15) is 0 Å². The number of H-pyrrole nitrogens is 1. The predicted octanol–water partition coefficient (Wildman–Crippen LogP) is 3.95. The molecule has 7 heteroatoms. The second-order valence-electron chi connectivity index (χ2n) is 4.17. The molecule has 18 heavy (non-hydrogen) atoms. The van der Waals surface area contributed by atoms with E-state index < -0.39 is 10.8 Å². The summed E-state index contributed by atoms with van der Waals surface area (Å²) in [7, 11) is -0.881. The first-order chi connectivity index (χ1) is 8.40. The molecule has 2 unspecified atom stereocenters. The number of nitrogens with zero attached hydrogens (tertiary/aromatic N) is 1. The summed E-state index contributed by atoms with van der Waals surface area (Å²) in [6, 6.07) is 3.57. The molecular formula is C11H12Cl2N2OS2. The number of hydrogen-bond donors (Lipinski definition) is 1. The van der Waals surface area contributed by atoms with Crippen LogP contribution in [0.25, 0.3) is 11.0 Å². The lowest BCUT2D eigenvalue weighted by molar-refractivity contribution is 0.605. The molecule has 0 spiro atoms. The van der Waals surface area contributed by atoms with Crippen LogP contribution >= 0.6 is 35.4 Å². The highest BCUT2D eigenvalue weighted by atomic mass is 35.5. The number of imidazole rings is 1. The van der Waals surface area contributed by atoms with Crippen molar-refractivity contribution in [3.63, 3.8) is 0 Å². The Morgan fingerprint density at radius 2 is 2.06 bits per heavy atom. The van der Waals surface area contributed by atoms with Gasteiger partial charge in [-0.05, 0) is 31.3 Å². The fourth-order valence-electron chi connectivity index (χ4n) is 1.97. The summed E-state index contributed by atoms with van der Waals surface area (Å²) in [5.74, 6) is 0.543. The van der Waals surface area contributed by atoms with Crippen LogP contribution in [-0.4, -0.2) is 25.8 Å². The van der Waals surface area contributed by atoms with Crippen LogP contribution in [0.2, 0.25) is 10.0 Å². The smallest absolute Gasteiger partial charge is 0.178 e. The fraction of sp³-hybridized carbons (Fsp3) is 0.364. The van der Waals surface area contributed by atoms with E-state index in [2.05, 4.69) is 4.98 Å². The first kappa shape index (κ1) is 14.1. The second-order valence-corrected chi connectivity index (χ2v) is 6.85. The van der Waals surface area contributed by atoms with Gasteiger partial charge in [0, 0.05) is 28.9 Å². The molecule has 3 nitrogen and oxygen atoms in total. The molecule has 0 aliphatic carbocycles. The molecule has 0 radical (unpaired) electrons. The SMILES string of the molecule is CC(CS(C)=O)n1c(=S)[nH]c2cc(Cl)c(Cl)cc21. The summed E-state index contributed by atoms with van der Waals surface area (Å²) in [5.41, 5.74) is 1.72. The third-order valence-corrected chi connectivity index (χ3v) is 4.65. The molecule has 1 N–H and O–H groups in total. The van der Waals surface area contributed by atoms with Gasteiger partial charge in [-0.1, -0.05) is 23.2 Å². The standard InChI is InChI=1S/C11H12Cl2N2OS2/c1-6(5-18(2)16)15-10-4-8(13)7(12)3-9(10)14-11(15)17/h3-4,6H,5H2,1-2H3,(H,14,17). The summed E-state index contributed by atoms with van der Waals surface area (Å²) in [6.45, 7) is 1.98. The average Bonchev–Trinajstić information content (AvgIpc) is 2.53. The Morgan fingerprint density at radius 1 is 1.44 bits per heavy atom. The molecule has 0 aliphatic heterocycles. The molecule has 1 aromatic heterocycles. The van der Waals surface area contributed by atoms with Gasteiger partial charge < -0.3 is 9.55 Å². The monoisotopic (exact) mass is 322 g/mol. The molecule has 1 aromatic carbocycles. The van der Waals surface area contributed by atoms with Crippen LogP contribution in [0.3, 0.4) is 0 Å². The van der Waals surface area contributed by atoms with Gasteiger partial charge in [-0.25, -0.2) is 0 Å². The number of aromatic nitrogens is 2. The van der Waals surface area contributed by atoms with Crippen molar-refractivity contribution in [2.24, 2.45) is 0 Å². The average molecular weight is 323 g/mol. The number of benzene rings is 1. The van der Waals surface area contributed by atoms with Gasteiger partial charge in [0.15, 0.2) is 4.77 Å². The largest absolute Gasteiger partial charge is 0.331 e. The maximum atomic E-state index is 11.3. The lowest BCUT2D eigenvalue weighted by Gasteiger charge is -2.13. The number of hydrogen-bond acceptors (Lipinski definition) is 2. The Morgan fingerprint density at radius 3 is 2.67 bits per heavy atom. The molecule has 2 aromatic rings. The summed E-state index contributed by atoms with van der Waals surface area (Å²) in [5, 5.41) is 0.969. The molecular weight excluding hydrogens is 311 g/mol. The van der Waals surface area contributed by atoms with E-state index in [1.165, 1.54) is 0 Å². The second kappa shape index (κ2) is 5.33. The Hall–Kier alpha value is -0.360. The minimum Gasteiger partial charge on any atom is -0.331 e. The minimum absolute atomic E-state index is 0.0364. The fourth-order valence-corrected chi connectivity index (χ4v) is 3.51. The third-order valence-electron chi connectivity index (χ3n) is 2.68. The Bertz CT molecular complexity index is 677. The molecule has 0 aliphatic rings. The third kappa shape index (κ3) is 2.64. The zero-order valence-electron chi connectivity index (χ0n) is 9.87. The molecule has 1 heterocycles. The molecule has 0 fully saturated rings. The predicted molar refractivity (Wildman–Crippen MR) is 80.8 cm³/mol. The van der Waals surface area contributed by atoms with Crippen LogP contribution in [0.15, 0.2) is 12.1 Å². The van der Waals surface area contributed by atoms with E-state index in [4.69, 9.17) is 35.4 Å². The molecule has 98 valence electrons. The molecule has 0 saturated carbocycles. The molecule has 0 bridgehead atoms. The summed E-state index contributed by atoms with van der Waals surface area (Å²) in [4.78, 5) is 3.08. The summed E-state index contributed by atoms with van der Waals surface area (Å²) >= 11 is 17.3. The van der Waals surface area contributed by atoms with E-state index in [1.54, 1.807) is 18.4 Å². The highest BCUT2D eigenvalue weighted by Gasteiger charge is 2.14. The normalized spacial score (nSPS) is 14.9. The first-order valence-electron chi connectivity index (χ1n) is 5.29. The highest BCUT2D eigenvalue weighted by molar-refractivity contribution is 7.84. The molecule has 0 amide bonds. The van der Waals surface area contributed by atoms with Crippen molar-refractivity contribution in [1.29, 1.82) is 0 Å². The highest BCUT2D eigenvalue weighted by Crippen LogP contribution is 2.29. The van der Waals surface area contributed by atoms with E-state index in [-0.39, 0.29) is 6.04 Å². The van der Waals surface area contributed by atoms with Gasteiger partial charge in [0.2, 0.25) is 0 Å². The van der Waals surface area contributed by atoms with Crippen molar-refractivity contribution >= 4 is 57.3 Å². The van der Waals surface area contributed by atoms with Crippen LogP contribution in [-0.2, 0) is 10.8 Å². The van der Waals surface area contributed by atoms with Crippen molar-refractivity contribution < 1.29 is 4.21 Å². The molecule has 0 saturated heterocycles. The summed E-state index contributed by atoms with van der Waals surface area (Å²) < 4.78 is 13.8. The van der Waals surface area contributed by atoms with Crippen molar-refractivity contribution in [2.75, 3.05) is 12.0 Å². The van der Waals surface area contributed by atoms with Crippen molar-refractivity contribution in [2.45, 2.75) is 13.0 Å². The van der Waals surface area contributed by atoms with Crippen LogP contribution in [0, 0.1) is 4.77 Å². The quantitative estimate of drug-likeness (QED) is 0.869. The molecule has 2 rings (SSSR count). The van der Waals surface area contributed by atoms with Gasteiger partial charge in [-0.3, -0.25) is 4.21 Å². The van der Waals surface area contributed by atoms with E-state index in [1.807, 2.05) is 11.5 Å². The maximum absolute atomic E-state index is 11.3. The van der Waals surface area contributed by atoms with Crippen LogP contribution in [0.1, 0.15) is 13.0 Å². The Kier molecular flexibility index (Phi) is 4.16. The van der Waals surface area contributed by atoms with Gasteiger partial charge >= 0.3 is 0 Å². The van der Waals surface area contributed by atoms with Crippen LogP contribution < -0.4 is 0 Å². The van der Waals surface area contributed by atoms with Crippen molar-refractivity contribution in [1.82, 2.24) is 9.55 Å².